The molecular weight excluding hydrogens is 439 g/mol. The molecule has 0 aliphatic carbocycles. The summed E-state index contributed by atoms with van der Waals surface area (Å²) in [5.41, 5.74) is 5.11. The minimum atomic E-state index is -0.996. The second kappa shape index (κ2) is 9.35. The van der Waals surface area contributed by atoms with Gasteiger partial charge in [-0.05, 0) is 61.2 Å². The summed E-state index contributed by atoms with van der Waals surface area (Å²) in [6, 6.07) is 11.5. The van der Waals surface area contributed by atoms with E-state index in [1.54, 1.807) is 38.1 Å². The number of nitrogens with one attached hydrogen (secondary N) is 2. The number of aliphatic carboxylic acids is 1. The standard InChI is InChI=1S/C26H23FN2O5/c1-3-34-26(33)24-14(2)28-22(19(24)10-11-23(30)31)13-20-18-9-6-16(12-21(18)29-25(20)32)15-4-7-17(27)8-5-15/h4-9,12-13,28H,3,10-11H2,1-2H3,(H,29,32)(H,30,31)/b20-13-. The number of anilines is 1. The number of carboxylic acid groups (broad SMARTS) is 1. The van der Waals surface area contributed by atoms with Crippen LogP contribution in [0.4, 0.5) is 10.1 Å². The third-order valence-corrected chi connectivity index (χ3v) is 5.66. The number of ether oxygens (including phenoxy) is 1. The van der Waals surface area contributed by atoms with Gasteiger partial charge in [0.25, 0.3) is 5.91 Å². The Morgan fingerprint density at radius 1 is 1.12 bits per heavy atom. The molecule has 7 nitrogen and oxygen atoms in total. The van der Waals surface area contributed by atoms with Crippen LogP contribution in [0, 0.1) is 12.7 Å². The van der Waals surface area contributed by atoms with Gasteiger partial charge in [0, 0.05) is 29.1 Å². The molecule has 0 bridgehead atoms. The lowest BCUT2D eigenvalue weighted by Crippen LogP contribution is -2.09. The number of esters is 1. The number of fused-ring (bicyclic) bond motifs is 1. The van der Waals surface area contributed by atoms with Crippen LogP contribution in [-0.4, -0.2) is 34.5 Å². The predicted molar refractivity (Wildman–Crippen MR) is 126 cm³/mol. The Hall–Kier alpha value is -4.20. The normalized spacial score (nSPS) is 13.6. The van der Waals surface area contributed by atoms with Crippen LogP contribution in [-0.2, 0) is 20.7 Å². The summed E-state index contributed by atoms with van der Waals surface area (Å²) in [5, 5.41) is 12.0. The molecule has 1 aromatic heterocycles. The van der Waals surface area contributed by atoms with Crippen molar-refractivity contribution in [3.63, 3.8) is 0 Å². The fourth-order valence-electron chi connectivity index (χ4n) is 4.10. The van der Waals surface area contributed by atoms with E-state index < -0.39 is 11.9 Å². The molecule has 1 aliphatic heterocycles. The number of aryl methyl sites for hydroxylation is 1. The van der Waals surface area contributed by atoms with Gasteiger partial charge in [0.15, 0.2) is 0 Å². The van der Waals surface area contributed by atoms with E-state index in [2.05, 4.69) is 10.3 Å². The lowest BCUT2D eigenvalue weighted by Gasteiger charge is -2.06. The third-order valence-electron chi connectivity index (χ3n) is 5.66. The van der Waals surface area contributed by atoms with Crippen LogP contribution >= 0.6 is 0 Å². The molecule has 0 atom stereocenters. The highest BCUT2D eigenvalue weighted by Gasteiger charge is 2.27. The van der Waals surface area contributed by atoms with Crippen molar-refractivity contribution in [1.29, 1.82) is 0 Å². The summed E-state index contributed by atoms with van der Waals surface area (Å²) < 4.78 is 18.4. The van der Waals surface area contributed by atoms with E-state index >= 15 is 0 Å². The lowest BCUT2D eigenvalue weighted by atomic mass is 9.98. The van der Waals surface area contributed by atoms with Crippen molar-refractivity contribution in [2.45, 2.75) is 26.7 Å². The van der Waals surface area contributed by atoms with Gasteiger partial charge >= 0.3 is 11.9 Å². The third kappa shape index (κ3) is 4.47. The lowest BCUT2D eigenvalue weighted by molar-refractivity contribution is -0.137. The van der Waals surface area contributed by atoms with Crippen LogP contribution in [0.3, 0.4) is 0 Å². The Balaban J connectivity index is 1.75. The van der Waals surface area contributed by atoms with Crippen molar-refractivity contribution < 1.29 is 28.6 Å². The molecule has 2 heterocycles. The second-order valence-corrected chi connectivity index (χ2v) is 7.91. The Bertz CT molecular complexity index is 1320. The molecule has 1 aliphatic rings. The van der Waals surface area contributed by atoms with Gasteiger partial charge in [-0.25, -0.2) is 9.18 Å². The SMILES string of the molecule is CCOC(=O)c1c(C)[nH]c(/C=C2\C(=O)Nc3cc(-c4ccc(F)cc4)ccc32)c1CCC(=O)O. The molecular formula is C26H23FN2O5. The van der Waals surface area contributed by atoms with Gasteiger partial charge in [-0.2, -0.15) is 0 Å². The number of hydrogen-bond donors (Lipinski definition) is 3. The zero-order valence-corrected chi connectivity index (χ0v) is 18.7. The number of halogens is 1. The van der Waals surface area contributed by atoms with Crippen molar-refractivity contribution in [3.8, 4) is 11.1 Å². The maximum Gasteiger partial charge on any atom is 0.340 e. The molecule has 8 heteroatoms. The van der Waals surface area contributed by atoms with Crippen LogP contribution in [0.1, 0.15) is 46.2 Å². The summed E-state index contributed by atoms with van der Waals surface area (Å²) in [6.45, 7) is 3.58. The van der Waals surface area contributed by atoms with Gasteiger partial charge < -0.3 is 20.1 Å². The van der Waals surface area contributed by atoms with Crippen molar-refractivity contribution in [2.24, 2.45) is 0 Å². The van der Waals surface area contributed by atoms with E-state index in [1.807, 2.05) is 12.1 Å². The molecule has 0 spiro atoms. The van der Waals surface area contributed by atoms with Gasteiger partial charge in [0.2, 0.25) is 0 Å². The zero-order valence-electron chi connectivity index (χ0n) is 18.7. The molecule has 1 amide bonds. The number of rotatable bonds is 7. The van der Waals surface area contributed by atoms with Gasteiger partial charge in [0.1, 0.15) is 5.82 Å². The van der Waals surface area contributed by atoms with E-state index in [0.717, 1.165) is 11.1 Å². The molecule has 0 radical (unpaired) electrons. The predicted octanol–water partition coefficient (Wildman–Crippen LogP) is 4.82. The number of amides is 1. The Labute approximate surface area is 195 Å². The smallest absolute Gasteiger partial charge is 0.340 e. The van der Waals surface area contributed by atoms with Gasteiger partial charge in [-0.1, -0.05) is 24.3 Å². The molecule has 34 heavy (non-hydrogen) atoms. The van der Waals surface area contributed by atoms with E-state index in [1.165, 1.54) is 12.1 Å². The maximum absolute atomic E-state index is 13.3. The van der Waals surface area contributed by atoms with Gasteiger partial charge in [-0.15, -0.1) is 0 Å². The Morgan fingerprint density at radius 3 is 2.50 bits per heavy atom. The first-order chi connectivity index (χ1) is 16.3. The van der Waals surface area contributed by atoms with Crippen LogP contribution in [0.5, 0.6) is 0 Å². The minimum absolute atomic E-state index is 0.102. The molecule has 3 N–H and O–H groups in total. The molecule has 2 aromatic carbocycles. The number of hydrogen-bond acceptors (Lipinski definition) is 4. The number of aromatic nitrogens is 1. The quantitative estimate of drug-likeness (QED) is 0.345. The van der Waals surface area contributed by atoms with Crippen LogP contribution in [0.25, 0.3) is 22.8 Å². The van der Waals surface area contributed by atoms with E-state index in [9.17, 15) is 23.9 Å². The van der Waals surface area contributed by atoms with E-state index in [-0.39, 0.29) is 31.2 Å². The molecule has 174 valence electrons. The summed E-state index contributed by atoms with van der Waals surface area (Å²) in [5.74, 6) is -2.18. The largest absolute Gasteiger partial charge is 0.481 e. The number of aromatic amines is 1. The molecule has 0 unspecified atom stereocenters. The number of H-pyrrole nitrogens is 1. The van der Waals surface area contributed by atoms with Crippen molar-refractivity contribution in [3.05, 3.63) is 76.4 Å². The van der Waals surface area contributed by atoms with Crippen molar-refractivity contribution >= 4 is 35.2 Å². The second-order valence-electron chi connectivity index (χ2n) is 7.91. The highest BCUT2D eigenvalue weighted by atomic mass is 19.1. The Kier molecular flexibility index (Phi) is 6.32. The number of carbonyl (C=O) groups excluding carboxylic acids is 2. The van der Waals surface area contributed by atoms with Crippen LogP contribution in [0.15, 0.2) is 42.5 Å². The maximum atomic E-state index is 13.3. The molecule has 0 fully saturated rings. The molecule has 0 saturated heterocycles. The summed E-state index contributed by atoms with van der Waals surface area (Å²) >= 11 is 0. The number of carbonyl (C=O) groups is 3. The van der Waals surface area contributed by atoms with Crippen LogP contribution < -0.4 is 5.32 Å². The number of benzene rings is 2. The van der Waals surface area contributed by atoms with Crippen LogP contribution in [0.2, 0.25) is 0 Å². The number of carboxylic acids is 1. The Morgan fingerprint density at radius 2 is 1.82 bits per heavy atom. The summed E-state index contributed by atoms with van der Waals surface area (Å²) in [4.78, 5) is 39.6. The molecule has 4 rings (SSSR count). The topological polar surface area (TPSA) is 108 Å². The highest BCUT2D eigenvalue weighted by Crippen LogP contribution is 2.37. The average molecular weight is 462 g/mol. The van der Waals surface area contributed by atoms with E-state index in [0.29, 0.717) is 39.3 Å². The first kappa shape index (κ1) is 23.0. The zero-order chi connectivity index (χ0) is 24.4. The van der Waals surface area contributed by atoms with Crippen molar-refractivity contribution in [1.82, 2.24) is 4.98 Å². The van der Waals surface area contributed by atoms with Gasteiger partial charge in [0.05, 0.1) is 17.7 Å². The monoisotopic (exact) mass is 462 g/mol. The first-order valence-corrected chi connectivity index (χ1v) is 10.8. The minimum Gasteiger partial charge on any atom is -0.481 e. The summed E-state index contributed by atoms with van der Waals surface area (Å²) in [7, 11) is 0. The fourth-order valence-corrected chi connectivity index (χ4v) is 4.10. The van der Waals surface area contributed by atoms with E-state index in [4.69, 9.17) is 4.74 Å². The van der Waals surface area contributed by atoms with Crippen molar-refractivity contribution in [2.75, 3.05) is 11.9 Å². The first-order valence-electron chi connectivity index (χ1n) is 10.8. The fraction of sp³-hybridized carbons (Fsp3) is 0.192. The molecule has 3 aromatic rings. The highest BCUT2D eigenvalue weighted by molar-refractivity contribution is 6.35. The average Bonchev–Trinajstić information content (AvgIpc) is 3.28. The molecule has 0 saturated carbocycles. The van der Waals surface area contributed by atoms with Gasteiger partial charge in [-0.3, -0.25) is 9.59 Å². The summed E-state index contributed by atoms with van der Waals surface area (Å²) in [6.07, 6.45) is 1.56.